The van der Waals surface area contributed by atoms with Gasteiger partial charge in [-0.25, -0.2) is 9.97 Å². The third-order valence-corrected chi connectivity index (χ3v) is 5.08. The second-order valence-electron chi connectivity index (χ2n) is 4.68. The van der Waals surface area contributed by atoms with Gasteiger partial charge in [0.15, 0.2) is 5.65 Å². The third-order valence-electron chi connectivity index (χ3n) is 3.23. The highest BCUT2D eigenvalue weighted by Gasteiger charge is 2.13. The number of benzene rings is 1. The van der Waals surface area contributed by atoms with E-state index < -0.39 is 0 Å². The van der Waals surface area contributed by atoms with Crippen LogP contribution in [0.5, 0.6) is 0 Å². The summed E-state index contributed by atoms with van der Waals surface area (Å²) in [6.45, 7) is 8.09. The molecule has 0 aliphatic heterocycles. The summed E-state index contributed by atoms with van der Waals surface area (Å²) in [5, 5.41) is 1.40. The zero-order valence-corrected chi connectivity index (χ0v) is 14.9. The molecule has 116 valence electrons. The smallest absolute Gasteiger partial charge is 0.155 e. The number of aromatic nitrogens is 3. The van der Waals surface area contributed by atoms with Gasteiger partial charge in [0.25, 0.3) is 0 Å². The number of rotatable bonds is 2. The first-order valence-electron chi connectivity index (χ1n) is 7.17. The molecule has 1 aromatic carbocycles. The average molecular weight is 334 g/mol. The summed E-state index contributed by atoms with van der Waals surface area (Å²) < 4.78 is 2.07. The molecule has 5 heteroatoms. The molecule has 1 unspecified atom stereocenters. The molecule has 0 saturated carbocycles. The number of halogens is 1. The molecule has 2 heterocycles. The van der Waals surface area contributed by atoms with E-state index in [4.69, 9.17) is 11.6 Å². The lowest BCUT2D eigenvalue weighted by molar-refractivity contribution is 1.17. The summed E-state index contributed by atoms with van der Waals surface area (Å²) in [5.41, 5.74) is 3.14. The van der Waals surface area contributed by atoms with Gasteiger partial charge in [-0.2, -0.15) is 0 Å². The Morgan fingerprint density at radius 2 is 1.73 bits per heavy atom. The van der Waals surface area contributed by atoms with Crippen LogP contribution >= 0.6 is 22.3 Å². The van der Waals surface area contributed by atoms with E-state index in [0.717, 1.165) is 16.6 Å². The van der Waals surface area contributed by atoms with Gasteiger partial charge in [-0.15, -0.1) is 0 Å². The van der Waals surface area contributed by atoms with Gasteiger partial charge in [0.2, 0.25) is 0 Å². The normalized spacial score (nSPS) is 11.9. The number of hydrogen-bond donors (Lipinski definition) is 0. The summed E-state index contributed by atoms with van der Waals surface area (Å²) in [6, 6.07) is 8.41. The number of nitrogens with zero attached hydrogens (tertiary/aromatic N) is 3. The molecule has 0 spiro atoms. The van der Waals surface area contributed by atoms with Crippen LogP contribution in [-0.2, 0) is 0 Å². The van der Waals surface area contributed by atoms with Crippen molar-refractivity contribution in [3.8, 4) is 0 Å². The minimum absolute atomic E-state index is 0.349. The largest absolute Gasteiger partial charge is 0.277 e. The van der Waals surface area contributed by atoms with Gasteiger partial charge in [-0.05, 0) is 31.5 Å². The second-order valence-corrected chi connectivity index (χ2v) is 6.63. The lowest BCUT2D eigenvalue weighted by Crippen LogP contribution is -1.92. The van der Waals surface area contributed by atoms with Gasteiger partial charge in [-0.3, -0.25) is 3.97 Å². The zero-order chi connectivity index (χ0) is 16.3. The maximum Gasteiger partial charge on any atom is 0.155 e. The lowest BCUT2D eigenvalue weighted by Gasteiger charge is -2.10. The maximum absolute atomic E-state index is 6.17. The SMILES string of the molecule is C=S(c1ccc(C)cc1)n1cc(C)c2c(Cl)ncnc21.CC. The molecule has 0 bridgehead atoms. The molecule has 0 saturated heterocycles. The monoisotopic (exact) mass is 333 g/mol. The Hall–Kier alpha value is -1.65. The quantitative estimate of drug-likeness (QED) is 0.473. The molecule has 3 nitrogen and oxygen atoms in total. The van der Waals surface area contributed by atoms with E-state index in [0.29, 0.717) is 5.15 Å². The second kappa shape index (κ2) is 7.07. The van der Waals surface area contributed by atoms with Gasteiger partial charge >= 0.3 is 0 Å². The summed E-state index contributed by atoms with van der Waals surface area (Å²) >= 11 is 6.17. The fourth-order valence-electron chi connectivity index (χ4n) is 2.14. The van der Waals surface area contributed by atoms with Crippen molar-refractivity contribution in [1.29, 1.82) is 0 Å². The third kappa shape index (κ3) is 3.08. The highest BCUT2D eigenvalue weighted by molar-refractivity contribution is 8.12. The summed E-state index contributed by atoms with van der Waals surface area (Å²) in [7, 11) is -0.349. The van der Waals surface area contributed by atoms with Crippen LogP contribution in [0.25, 0.3) is 11.0 Å². The van der Waals surface area contributed by atoms with Crippen LogP contribution in [0.4, 0.5) is 0 Å². The first-order chi connectivity index (χ1) is 10.6. The molecule has 0 fully saturated rings. The van der Waals surface area contributed by atoms with Crippen LogP contribution in [-0.4, -0.2) is 19.8 Å². The van der Waals surface area contributed by atoms with Crippen molar-refractivity contribution >= 4 is 39.2 Å². The van der Waals surface area contributed by atoms with E-state index in [1.807, 2.05) is 27.0 Å². The number of hydrogen-bond acceptors (Lipinski definition) is 2. The molecular formula is C17H20ClN3S. The molecule has 2 aromatic heterocycles. The van der Waals surface area contributed by atoms with Gasteiger partial charge in [0.05, 0.1) is 5.39 Å². The van der Waals surface area contributed by atoms with Gasteiger partial charge < -0.3 is 0 Å². The fraction of sp³-hybridized carbons (Fsp3) is 0.235. The molecule has 22 heavy (non-hydrogen) atoms. The molecule has 3 aromatic rings. The molecule has 0 amide bonds. The summed E-state index contributed by atoms with van der Waals surface area (Å²) in [5.74, 6) is 4.29. The van der Waals surface area contributed by atoms with Crippen molar-refractivity contribution in [2.24, 2.45) is 0 Å². The summed E-state index contributed by atoms with van der Waals surface area (Å²) in [6.07, 6.45) is 3.54. The highest BCUT2D eigenvalue weighted by atomic mass is 35.5. The van der Waals surface area contributed by atoms with E-state index in [9.17, 15) is 0 Å². The minimum Gasteiger partial charge on any atom is -0.277 e. The molecule has 0 aliphatic rings. The van der Waals surface area contributed by atoms with Crippen molar-refractivity contribution in [3.05, 3.63) is 53.1 Å². The van der Waals surface area contributed by atoms with Crippen LogP contribution in [0, 0.1) is 13.8 Å². The van der Waals surface area contributed by atoms with Gasteiger partial charge in [0, 0.05) is 11.1 Å². The predicted octanol–water partition coefficient (Wildman–Crippen LogP) is 5.25. The lowest BCUT2D eigenvalue weighted by atomic mass is 10.2. The van der Waals surface area contributed by atoms with E-state index in [-0.39, 0.29) is 10.7 Å². The van der Waals surface area contributed by atoms with Crippen molar-refractivity contribution in [1.82, 2.24) is 13.9 Å². The Labute approximate surface area is 139 Å². The molecule has 0 radical (unpaired) electrons. The predicted molar refractivity (Wildman–Crippen MR) is 98.2 cm³/mol. The highest BCUT2D eigenvalue weighted by Crippen LogP contribution is 2.34. The fourth-order valence-corrected chi connectivity index (χ4v) is 3.73. The number of aryl methyl sites for hydroxylation is 2. The Balaban J connectivity index is 0.000000847. The van der Waals surface area contributed by atoms with Gasteiger partial charge in [-0.1, -0.05) is 59.7 Å². The standard InChI is InChI=1S/C15H14ClN3S.C2H6/c1-10-4-6-12(7-5-10)20(3)19-8-11(2)13-14(16)17-9-18-15(13)19;1-2/h4-9H,3H2,1-2H3;1-2H3. The van der Waals surface area contributed by atoms with Crippen LogP contribution in [0.1, 0.15) is 25.0 Å². The van der Waals surface area contributed by atoms with Crippen molar-refractivity contribution < 1.29 is 0 Å². The first kappa shape index (κ1) is 16.7. The molecule has 0 N–H and O–H groups in total. The van der Waals surface area contributed by atoms with Crippen LogP contribution in [0.15, 0.2) is 41.7 Å². The average Bonchev–Trinajstić information content (AvgIpc) is 2.88. The molecule has 1 atom stereocenters. The van der Waals surface area contributed by atoms with Crippen LogP contribution in [0.3, 0.4) is 0 Å². The van der Waals surface area contributed by atoms with Crippen molar-refractivity contribution in [2.75, 3.05) is 0 Å². The molecular weight excluding hydrogens is 314 g/mol. The van der Waals surface area contributed by atoms with Gasteiger partial charge in [0.1, 0.15) is 11.5 Å². The minimum atomic E-state index is -0.349. The van der Waals surface area contributed by atoms with E-state index in [2.05, 4.69) is 51.0 Å². The topological polar surface area (TPSA) is 30.7 Å². The van der Waals surface area contributed by atoms with E-state index in [1.54, 1.807) is 0 Å². The molecule has 3 rings (SSSR count). The Morgan fingerprint density at radius 1 is 1.09 bits per heavy atom. The Morgan fingerprint density at radius 3 is 2.36 bits per heavy atom. The van der Waals surface area contributed by atoms with E-state index in [1.165, 1.54) is 16.8 Å². The van der Waals surface area contributed by atoms with Crippen LogP contribution in [0.2, 0.25) is 5.15 Å². The zero-order valence-electron chi connectivity index (χ0n) is 13.3. The Kier molecular flexibility index (Phi) is 5.37. The Bertz CT molecular complexity index is 807. The number of fused-ring (bicyclic) bond motifs is 1. The van der Waals surface area contributed by atoms with Crippen molar-refractivity contribution in [2.45, 2.75) is 32.6 Å². The molecule has 0 aliphatic carbocycles. The maximum atomic E-state index is 6.17. The van der Waals surface area contributed by atoms with E-state index >= 15 is 0 Å². The first-order valence-corrected chi connectivity index (χ1v) is 8.90. The summed E-state index contributed by atoms with van der Waals surface area (Å²) in [4.78, 5) is 9.58. The van der Waals surface area contributed by atoms with Crippen LogP contribution < -0.4 is 0 Å². The van der Waals surface area contributed by atoms with Crippen molar-refractivity contribution in [3.63, 3.8) is 0 Å².